The molecule has 0 aliphatic heterocycles. The summed E-state index contributed by atoms with van der Waals surface area (Å²) in [5, 5.41) is 33.1. The van der Waals surface area contributed by atoms with E-state index in [0.717, 1.165) is 23.0 Å². The zero-order chi connectivity index (χ0) is 31.1. The lowest BCUT2D eigenvalue weighted by Gasteiger charge is -2.02. The van der Waals surface area contributed by atoms with Crippen molar-refractivity contribution in [3.8, 4) is 0 Å². The van der Waals surface area contributed by atoms with Crippen LogP contribution in [-0.4, -0.2) is 123 Å². The van der Waals surface area contributed by atoms with Crippen molar-refractivity contribution in [2.75, 3.05) is 54.3 Å². The van der Waals surface area contributed by atoms with Crippen molar-refractivity contribution in [3.63, 3.8) is 0 Å². The summed E-state index contributed by atoms with van der Waals surface area (Å²) in [6, 6.07) is -2.73. The van der Waals surface area contributed by atoms with Crippen LogP contribution in [0.5, 0.6) is 0 Å². The third kappa shape index (κ3) is 42.6. The Hall–Kier alpha value is -0.530. The molecule has 4 atom stereocenters. The minimum absolute atomic E-state index is 0.552. The summed E-state index contributed by atoms with van der Waals surface area (Å²) in [6.45, 7) is 0. The highest BCUT2D eigenvalue weighted by Gasteiger charge is 2.10. The minimum Gasteiger partial charge on any atom is -0.480 e. The molecule has 0 aliphatic rings. The van der Waals surface area contributed by atoms with Crippen molar-refractivity contribution in [2.45, 2.75) is 49.9 Å². The second-order valence-corrected chi connectivity index (χ2v) is 10.8. The van der Waals surface area contributed by atoms with Gasteiger partial charge in [-0.15, -0.1) is 0 Å². The zero-order valence-electron chi connectivity index (χ0n) is 22.8. The standard InChI is InChI=1S/4C5H11NO2S.CH4S/c4*1-9-3-2-4(6)5(7)8;1-2/h4*4H,2-3,6H2,1H3,(H,7,8);2H,1H3. The number of carboxylic acids is 4. The van der Waals surface area contributed by atoms with Crippen LogP contribution >= 0.6 is 59.7 Å². The van der Waals surface area contributed by atoms with Crippen LogP contribution in [0.2, 0.25) is 0 Å². The third-order valence-electron chi connectivity index (χ3n) is 3.80. The fourth-order valence-corrected chi connectivity index (χ4v) is 3.43. The maximum absolute atomic E-state index is 10.1. The number of thioether (sulfide) groups is 4. The van der Waals surface area contributed by atoms with E-state index in [4.69, 9.17) is 43.4 Å². The molecule has 0 radical (unpaired) electrons. The number of carboxylic acid groups (broad SMARTS) is 4. The van der Waals surface area contributed by atoms with Crippen LogP contribution < -0.4 is 22.9 Å². The molecule has 0 heterocycles. The molecule has 12 N–H and O–H groups in total. The zero-order valence-corrected chi connectivity index (χ0v) is 26.9. The van der Waals surface area contributed by atoms with Crippen molar-refractivity contribution in [1.29, 1.82) is 0 Å². The number of thiol groups is 1. The molecule has 0 amide bonds. The van der Waals surface area contributed by atoms with E-state index >= 15 is 0 Å². The second-order valence-electron chi connectivity index (χ2n) is 6.90. The lowest BCUT2D eigenvalue weighted by Crippen LogP contribution is -2.30. The van der Waals surface area contributed by atoms with E-state index in [1.54, 1.807) is 53.3 Å². The highest BCUT2D eigenvalue weighted by Crippen LogP contribution is 1.99. The average molecular weight is 645 g/mol. The Balaban J connectivity index is -0.000000124. The van der Waals surface area contributed by atoms with E-state index in [0.29, 0.717) is 25.7 Å². The molecule has 0 bridgehead atoms. The van der Waals surface area contributed by atoms with Crippen molar-refractivity contribution >= 4 is 83.6 Å². The predicted octanol–water partition coefficient (Wildman–Crippen LogP) is 1.15. The smallest absolute Gasteiger partial charge is 0.320 e. The van der Waals surface area contributed by atoms with Crippen molar-refractivity contribution in [1.82, 2.24) is 0 Å². The van der Waals surface area contributed by atoms with Gasteiger partial charge in [-0.2, -0.15) is 59.7 Å². The molecule has 17 heteroatoms. The summed E-state index contributed by atoms with van der Waals surface area (Å²) in [5.74, 6) is -0.400. The number of hydrogen-bond acceptors (Lipinski definition) is 13. The quantitative estimate of drug-likeness (QED) is 0.107. The summed E-state index contributed by atoms with van der Waals surface area (Å²) < 4.78 is 0. The van der Waals surface area contributed by atoms with E-state index in [9.17, 15) is 19.2 Å². The van der Waals surface area contributed by atoms with Crippen molar-refractivity contribution in [3.05, 3.63) is 0 Å². The second kappa shape index (κ2) is 36.5. The maximum Gasteiger partial charge on any atom is 0.320 e. The van der Waals surface area contributed by atoms with Gasteiger partial charge >= 0.3 is 23.9 Å². The number of nitrogens with two attached hydrogens (primary N) is 4. The van der Waals surface area contributed by atoms with Gasteiger partial charge < -0.3 is 43.4 Å². The summed E-state index contributed by atoms with van der Waals surface area (Å²) in [4.78, 5) is 40.3. The molecule has 0 aliphatic carbocycles. The molecule has 230 valence electrons. The molecule has 0 aromatic rings. The molecule has 0 rings (SSSR count). The van der Waals surface area contributed by atoms with Gasteiger partial charge in [0.05, 0.1) is 0 Å². The topological polar surface area (TPSA) is 253 Å². The average Bonchev–Trinajstić information content (AvgIpc) is 2.89. The highest BCUT2D eigenvalue weighted by atomic mass is 32.2. The summed E-state index contributed by atoms with van der Waals surface area (Å²) in [5.41, 5.74) is 20.8. The Bertz CT molecular complexity index is 488. The fourth-order valence-electron chi connectivity index (χ4n) is 1.47. The van der Waals surface area contributed by atoms with Crippen LogP contribution in [0, 0.1) is 0 Å². The first kappa shape index (κ1) is 47.3. The monoisotopic (exact) mass is 644 g/mol. The van der Waals surface area contributed by atoms with Gasteiger partial charge in [0.1, 0.15) is 24.2 Å². The Labute approximate surface area is 249 Å². The van der Waals surface area contributed by atoms with Gasteiger partial charge in [0.25, 0.3) is 0 Å². The number of carbonyl (C=O) groups is 4. The van der Waals surface area contributed by atoms with E-state index in [1.807, 2.05) is 25.0 Å². The largest absolute Gasteiger partial charge is 0.480 e. The maximum atomic E-state index is 10.1. The molecule has 0 saturated carbocycles. The van der Waals surface area contributed by atoms with Gasteiger partial charge in [-0.3, -0.25) is 19.2 Å². The van der Waals surface area contributed by atoms with Gasteiger partial charge in [0.2, 0.25) is 0 Å². The number of aliphatic carboxylic acids is 4. The van der Waals surface area contributed by atoms with Crippen LogP contribution in [0.15, 0.2) is 0 Å². The van der Waals surface area contributed by atoms with Crippen LogP contribution in [0.1, 0.15) is 25.7 Å². The molecular formula is C21H48N4O8S5. The van der Waals surface area contributed by atoms with Crippen LogP contribution in [-0.2, 0) is 19.2 Å². The van der Waals surface area contributed by atoms with Gasteiger partial charge in [0, 0.05) is 0 Å². The summed E-state index contributed by atoms with van der Waals surface area (Å²) >= 11 is 9.94. The Morgan fingerprint density at radius 2 is 0.632 bits per heavy atom. The van der Waals surface area contributed by atoms with E-state index in [-0.39, 0.29) is 0 Å². The lowest BCUT2D eigenvalue weighted by molar-refractivity contribution is -0.139. The van der Waals surface area contributed by atoms with Crippen molar-refractivity contribution in [2.24, 2.45) is 22.9 Å². The molecule has 4 unspecified atom stereocenters. The van der Waals surface area contributed by atoms with Crippen LogP contribution in [0.25, 0.3) is 0 Å². The van der Waals surface area contributed by atoms with E-state index in [1.165, 1.54) is 0 Å². The van der Waals surface area contributed by atoms with Gasteiger partial charge in [-0.25, -0.2) is 0 Å². The van der Waals surface area contributed by atoms with Gasteiger partial charge in [-0.1, -0.05) is 0 Å². The molecule has 0 aromatic heterocycles. The Morgan fingerprint density at radius 1 is 0.500 bits per heavy atom. The first-order valence-corrected chi connectivity index (χ1v) is 17.5. The minimum atomic E-state index is -0.913. The number of rotatable bonds is 16. The first-order valence-electron chi connectivity index (χ1n) is 11.1. The molecule has 38 heavy (non-hydrogen) atoms. The van der Waals surface area contributed by atoms with Gasteiger partial charge in [0.15, 0.2) is 0 Å². The van der Waals surface area contributed by atoms with Crippen LogP contribution in [0.3, 0.4) is 0 Å². The number of hydrogen-bond donors (Lipinski definition) is 9. The van der Waals surface area contributed by atoms with E-state index in [2.05, 4.69) is 12.6 Å². The summed E-state index contributed by atoms with van der Waals surface area (Å²) in [7, 11) is 0. The molecule has 12 nitrogen and oxygen atoms in total. The molecule has 0 spiro atoms. The first-order chi connectivity index (χ1) is 17.7. The Morgan fingerprint density at radius 3 is 0.711 bits per heavy atom. The van der Waals surface area contributed by atoms with Crippen molar-refractivity contribution < 1.29 is 39.6 Å². The molecule has 0 aromatic carbocycles. The molecular weight excluding hydrogens is 597 g/mol. The van der Waals surface area contributed by atoms with Gasteiger partial charge in [-0.05, 0) is 80.0 Å². The third-order valence-corrected chi connectivity index (χ3v) is 6.38. The molecule has 0 saturated heterocycles. The SMILES string of the molecule is CS.CSCCC(N)C(=O)O.CSCCC(N)C(=O)O.CSCCC(N)C(=O)O.CSCCC(N)C(=O)O. The van der Waals surface area contributed by atoms with Crippen LogP contribution in [0.4, 0.5) is 0 Å². The Kier molecular flexibility index (Phi) is 45.4. The van der Waals surface area contributed by atoms with E-state index < -0.39 is 48.0 Å². The highest BCUT2D eigenvalue weighted by molar-refractivity contribution is 7.99. The predicted molar refractivity (Wildman–Crippen MR) is 169 cm³/mol. The normalized spacial score (nSPS) is 12.6. The fraction of sp³-hybridized carbons (Fsp3) is 0.810. The summed E-state index contributed by atoms with van der Waals surface area (Å²) in [6.07, 6.45) is 11.6. The molecule has 0 fully saturated rings. The lowest BCUT2D eigenvalue weighted by atomic mass is 10.2.